The molecule has 0 spiro atoms. The van der Waals surface area contributed by atoms with Gasteiger partial charge in [-0.3, -0.25) is 10.1 Å². The number of nitrogens with zero attached hydrogens (tertiary/aromatic N) is 3. The van der Waals surface area contributed by atoms with E-state index in [2.05, 4.69) is 4.99 Å². The van der Waals surface area contributed by atoms with Crippen molar-refractivity contribution in [2.75, 3.05) is 7.11 Å². The zero-order valence-electron chi connectivity index (χ0n) is 14.4. The Bertz CT molecular complexity index is 976. The van der Waals surface area contributed by atoms with Crippen LogP contribution in [0, 0.1) is 21.7 Å². The van der Waals surface area contributed by atoms with E-state index in [1.54, 1.807) is 0 Å². The highest BCUT2D eigenvalue weighted by atomic mass is 19.2. The van der Waals surface area contributed by atoms with E-state index in [1.807, 2.05) is 0 Å². The standard InChI is InChI=1S/C18H13F2N3O5/c1-27-17-21-9-8-16(11-2-7-14(19)15(20)10-11)22(17)18(24)28-13-5-3-12(4-6-13)23(25)26/h2-10,17H,1H3. The molecule has 0 radical (unpaired) electrons. The molecular weight excluding hydrogens is 376 g/mol. The molecule has 1 heterocycles. The number of halogens is 2. The summed E-state index contributed by atoms with van der Waals surface area (Å²) in [6.07, 6.45) is 0.756. The van der Waals surface area contributed by atoms with E-state index in [0.717, 1.165) is 17.0 Å². The van der Waals surface area contributed by atoms with E-state index in [4.69, 9.17) is 9.47 Å². The van der Waals surface area contributed by atoms with Crippen molar-refractivity contribution >= 4 is 23.7 Å². The Balaban J connectivity index is 1.89. The van der Waals surface area contributed by atoms with Crippen LogP contribution >= 0.6 is 0 Å². The maximum atomic E-state index is 13.6. The molecule has 0 fully saturated rings. The second-order valence-corrected chi connectivity index (χ2v) is 5.53. The maximum Gasteiger partial charge on any atom is 0.423 e. The Morgan fingerprint density at radius 3 is 2.50 bits per heavy atom. The molecule has 28 heavy (non-hydrogen) atoms. The number of amides is 1. The molecule has 1 amide bonds. The van der Waals surface area contributed by atoms with Gasteiger partial charge in [-0.15, -0.1) is 0 Å². The molecule has 2 aromatic carbocycles. The molecule has 0 N–H and O–H groups in total. The number of methoxy groups -OCH3 is 1. The first-order valence-corrected chi connectivity index (χ1v) is 7.88. The fraction of sp³-hybridized carbons (Fsp3) is 0.111. The smallest absolute Gasteiger partial charge is 0.410 e. The van der Waals surface area contributed by atoms with E-state index in [9.17, 15) is 23.7 Å². The number of carbonyl (C=O) groups excluding carboxylic acids is 1. The van der Waals surface area contributed by atoms with Gasteiger partial charge in [-0.25, -0.2) is 23.5 Å². The second-order valence-electron chi connectivity index (χ2n) is 5.53. The largest absolute Gasteiger partial charge is 0.423 e. The minimum absolute atomic E-state index is 0.0460. The van der Waals surface area contributed by atoms with Gasteiger partial charge in [0, 0.05) is 31.0 Å². The molecule has 0 saturated carbocycles. The summed E-state index contributed by atoms with van der Waals surface area (Å²) in [7, 11) is 1.31. The third-order valence-corrected chi connectivity index (χ3v) is 3.80. The van der Waals surface area contributed by atoms with Crippen LogP contribution in [0.2, 0.25) is 0 Å². The SMILES string of the molecule is COC1N=CC=C(c2ccc(F)c(F)c2)N1C(=O)Oc1ccc([N+](=O)[O-])cc1. The summed E-state index contributed by atoms with van der Waals surface area (Å²) >= 11 is 0. The molecule has 1 atom stereocenters. The number of hydrogen-bond acceptors (Lipinski definition) is 6. The third kappa shape index (κ3) is 3.86. The van der Waals surface area contributed by atoms with Crippen LogP contribution in [0.4, 0.5) is 19.3 Å². The van der Waals surface area contributed by atoms with Gasteiger partial charge >= 0.3 is 6.09 Å². The molecule has 3 rings (SSSR count). The summed E-state index contributed by atoms with van der Waals surface area (Å²) < 4.78 is 37.3. The topological polar surface area (TPSA) is 94.3 Å². The number of rotatable bonds is 4. The average molecular weight is 389 g/mol. The van der Waals surface area contributed by atoms with Gasteiger partial charge in [0.05, 0.1) is 10.6 Å². The highest BCUT2D eigenvalue weighted by molar-refractivity contribution is 5.92. The fourth-order valence-electron chi connectivity index (χ4n) is 2.48. The third-order valence-electron chi connectivity index (χ3n) is 3.80. The lowest BCUT2D eigenvalue weighted by Gasteiger charge is -2.31. The quantitative estimate of drug-likeness (QED) is 0.587. The van der Waals surface area contributed by atoms with Crippen molar-refractivity contribution in [3.8, 4) is 5.75 Å². The van der Waals surface area contributed by atoms with Crippen molar-refractivity contribution in [1.29, 1.82) is 0 Å². The highest BCUT2D eigenvalue weighted by Gasteiger charge is 2.31. The number of aliphatic imine (C=N–C) groups is 1. The molecule has 8 nitrogen and oxygen atoms in total. The van der Waals surface area contributed by atoms with E-state index in [1.165, 1.54) is 49.7 Å². The van der Waals surface area contributed by atoms with Crippen LogP contribution in [0.3, 0.4) is 0 Å². The molecule has 0 aliphatic carbocycles. The highest BCUT2D eigenvalue weighted by Crippen LogP contribution is 2.28. The number of benzene rings is 2. The Morgan fingerprint density at radius 1 is 1.18 bits per heavy atom. The summed E-state index contributed by atoms with van der Waals surface area (Å²) in [5, 5.41) is 10.7. The van der Waals surface area contributed by atoms with Crippen LogP contribution in [0.5, 0.6) is 5.75 Å². The zero-order valence-corrected chi connectivity index (χ0v) is 14.4. The van der Waals surface area contributed by atoms with Crippen LogP contribution in [-0.4, -0.2) is 35.6 Å². The second kappa shape index (κ2) is 7.92. The molecule has 10 heteroatoms. The number of nitro benzene ring substituents is 1. The van der Waals surface area contributed by atoms with Crippen molar-refractivity contribution in [2.45, 2.75) is 6.35 Å². The van der Waals surface area contributed by atoms with Gasteiger partial charge in [0.25, 0.3) is 5.69 Å². The van der Waals surface area contributed by atoms with E-state index in [0.29, 0.717) is 0 Å². The van der Waals surface area contributed by atoms with Crippen LogP contribution in [0.15, 0.2) is 53.5 Å². The normalized spacial score (nSPS) is 15.9. The lowest BCUT2D eigenvalue weighted by molar-refractivity contribution is -0.384. The van der Waals surface area contributed by atoms with Crippen molar-refractivity contribution in [1.82, 2.24) is 4.90 Å². The Morgan fingerprint density at radius 2 is 1.89 bits per heavy atom. The molecule has 0 aromatic heterocycles. The number of nitro groups is 1. The molecule has 1 aliphatic rings. The van der Waals surface area contributed by atoms with Gasteiger partial charge in [0.2, 0.25) is 6.35 Å². The van der Waals surface area contributed by atoms with Crippen molar-refractivity contribution in [3.63, 3.8) is 0 Å². The first-order chi connectivity index (χ1) is 13.4. The lowest BCUT2D eigenvalue weighted by atomic mass is 10.1. The monoisotopic (exact) mass is 389 g/mol. The Kier molecular flexibility index (Phi) is 5.41. The summed E-state index contributed by atoms with van der Waals surface area (Å²) in [5.41, 5.74) is 0.208. The molecule has 1 aliphatic heterocycles. The lowest BCUT2D eigenvalue weighted by Crippen LogP contribution is -2.42. The first-order valence-electron chi connectivity index (χ1n) is 7.88. The van der Waals surface area contributed by atoms with Gasteiger partial charge in [0.1, 0.15) is 5.75 Å². The maximum absolute atomic E-state index is 13.6. The number of allylic oxidation sites excluding steroid dienone is 1. The predicted molar refractivity (Wildman–Crippen MR) is 94.6 cm³/mol. The minimum Gasteiger partial charge on any atom is -0.410 e. The van der Waals surface area contributed by atoms with Gasteiger partial charge in [-0.1, -0.05) is 0 Å². The van der Waals surface area contributed by atoms with Gasteiger partial charge in [-0.2, -0.15) is 0 Å². The molecule has 2 aromatic rings. The van der Waals surface area contributed by atoms with E-state index in [-0.39, 0.29) is 22.7 Å². The van der Waals surface area contributed by atoms with E-state index >= 15 is 0 Å². The van der Waals surface area contributed by atoms with Crippen LogP contribution in [0.25, 0.3) is 5.70 Å². The minimum atomic E-state index is -1.10. The van der Waals surface area contributed by atoms with Gasteiger partial charge < -0.3 is 9.47 Å². The molecule has 0 saturated heterocycles. The van der Waals surface area contributed by atoms with Crippen molar-refractivity contribution in [3.05, 3.63) is 75.9 Å². The Labute approximate surface area is 157 Å². The van der Waals surface area contributed by atoms with E-state index < -0.39 is 29.0 Å². The first kappa shape index (κ1) is 19.1. The molecule has 144 valence electrons. The van der Waals surface area contributed by atoms with Crippen molar-refractivity contribution < 1.29 is 28.0 Å². The number of non-ortho nitro benzene ring substituents is 1. The summed E-state index contributed by atoms with van der Waals surface area (Å²) in [6, 6.07) is 8.02. The summed E-state index contributed by atoms with van der Waals surface area (Å²) in [5.74, 6) is -2.07. The number of carbonyl (C=O) groups is 1. The fourth-order valence-corrected chi connectivity index (χ4v) is 2.48. The molecule has 1 unspecified atom stereocenters. The predicted octanol–water partition coefficient (Wildman–Crippen LogP) is 3.73. The van der Waals surface area contributed by atoms with Crippen LogP contribution in [-0.2, 0) is 4.74 Å². The summed E-state index contributed by atoms with van der Waals surface area (Å²) in [6.45, 7) is 0. The van der Waals surface area contributed by atoms with Gasteiger partial charge in [0.15, 0.2) is 11.6 Å². The Hall–Kier alpha value is -3.66. The van der Waals surface area contributed by atoms with Crippen LogP contribution < -0.4 is 4.74 Å². The van der Waals surface area contributed by atoms with Crippen LogP contribution in [0.1, 0.15) is 5.56 Å². The number of hydrogen-bond donors (Lipinski definition) is 0. The summed E-state index contributed by atoms with van der Waals surface area (Å²) in [4.78, 5) is 27.8. The van der Waals surface area contributed by atoms with Crippen molar-refractivity contribution in [2.24, 2.45) is 4.99 Å². The number of ether oxygens (including phenoxy) is 2. The molecule has 0 bridgehead atoms. The average Bonchev–Trinajstić information content (AvgIpc) is 2.69. The molecular formula is C18H13F2N3O5. The van der Waals surface area contributed by atoms with Gasteiger partial charge in [-0.05, 0) is 36.4 Å². The zero-order chi connectivity index (χ0) is 20.3.